The first-order valence-electron chi connectivity index (χ1n) is 2.42. The maximum absolute atomic E-state index is 2.26. The standard InChI is InChI=1S/C5H8B/c1-6-5-3-2-4-5/h3H,2,4H2,1H3. The van der Waals surface area contributed by atoms with Crippen LogP contribution in [0.3, 0.4) is 0 Å². The number of hydrogen-bond acceptors (Lipinski definition) is 0. The Morgan fingerprint density at radius 1 is 1.83 bits per heavy atom. The van der Waals surface area contributed by atoms with Gasteiger partial charge in [0.25, 0.3) is 0 Å². The summed E-state index contributed by atoms with van der Waals surface area (Å²) in [6.07, 6.45) is 4.89. The van der Waals surface area contributed by atoms with Crippen molar-refractivity contribution in [1.29, 1.82) is 0 Å². The van der Waals surface area contributed by atoms with Gasteiger partial charge < -0.3 is 0 Å². The quantitative estimate of drug-likeness (QED) is 0.417. The first-order valence-corrected chi connectivity index (χ1v) is 2.42. The van der Waals surface area contributed by atoms with Gasteiger partial charge in [-0.15, -0.1) is 5.47 Å². The molecule has 0 aromatic heterocycles. The Hall–Kier alpha value is -0.195. The molecular formula is C5H8B. The molecule has 0 saturated carbocycles. The molecule has 1 aliphatic carbocycles. The molecule has 0 atom stereocenters. The summed E-state index contributed by atoms with van der Waals surface area (Å²) in [4.78, 5) is 0. The van der Waals surface area contributed by atoms with Crippen LogP contribution in [0.15, 0.2) is 11.5 Å². The van der Waals surface area contributed by atoms with E-state index in [0.717, 1.165) is 0 Å². The third kappa shape index (κ3) is 0.491. The minimum absolute atomic E-state index is 1.31. The van der Waals surface area contributed by atoms with E-state index in [1.165, 1.54) is 18.3 Å². The van der Waals surface area contributed by atoms with Gasteiger partial charge in [-0.3, -0.25) is 0 Å². The van der Waals surface area contributed by atoms with Crippen molar-refractivity contribution in [3.63, 3.8) is 0 Å². The predicted molar refractivity (Wildman–Crippen MR) is 28.9 cm³/mol. The van der Waals surface area contributed by atoms with E-state index in [2.05, 4.69) is 20.2 Å². The van der Waals surface area contributed by atoms with Crippen molar-refractivity contribution >= 4 is 7.28 Å². The molecule has 0 fully saturated rings. The highest BCUT2D eigenvalue weighted by molar-refractivity contribution is 6.44. The highest BCUT2D eigenvalue weighted by Crippen LogP contribution is 2.14. The van der Waals surface area contributed by atoms with Gasteiger partial charge in [0, 0.05) is 0 Å². The number of hydrogen-bond donors (Lipinski definition) is 0. The first-order chi connectivity index (χ1) is 2.93. The summed E-state index contributed by atoms with van der Waals surface area (Å²) in [5.41, 5.74) is 1.52. The van der Waals surface area contributed by atoms with Crippen LogP contribution < -0.4 is 0 Å². The van der Waals surface area contributed by atoms with E-state index in [1.54, 1.807) is 0 Å². The molecule has 31 valence electrons. The van der Waals surface area contributed by atoms with Gasteiger partial charge in [-0.1, -0.05) is 12.9 Å². The third-order valence-electron chi connectivity index (χ3n) is 1.21. The zero-order valence-electron chi connectivity index (χ0n) is 4.07. The normalized spacial score (nSPS) is 18.5. The van der Waals surface area contributed by atoms with E-state index in [0.29, 0.717) is 0 Å². The molecule has 0 N–H and O–H groups in total. The van der Waals surface area contributed by atoms with Crippen molar-refractivity contribution < 1.29 is 0 Å². The summed E-state index contributed by atoms with van der Waals surface area (Å²) in [5.74, 6) is 0. The molecule has 0 saturated heterocycles. The van der Waals surface area contributed by atoms with Crippen LogP contribution in [-0.2, 0) is 0 Å². The van der Waals surface area contributed by atoms with Crippen molar-refractivity contribution in [2.24, 2.45) is 0 Å². The van der Waals surface area contributed by atoms with Crippen LogP contribution in [0.25, 0.3) is 0 Å². The summed E-state index contributed by atoms with van der Waals surface area (Å²) in [6, 6.07) is 0. The molecule has 0 aromatic carbocycles. The lowest BCUT2D eigenvalue weighted by molar-refractivity contribution is 0.933. The van der Waals surface area contributed by atoms with Gasteiger partial charge in [-0.25, -0.2) is 0 Å². The van der Waals surface area contributed by atoms with E-state index in [1.807, 2.05) is 0 Å². The summed E-state index contributed by atoms with van der Waals surface area (Å²) in [7, 11) is 2.17. The van der Waals surface area contributed by atoms with Crippen LogP contribution in [0.5, 0.6) is 0 Å². The van der Waals surface area contributed by atoms with Crippen LogP contribution in [0.4, 0.5) is 0 Å². The fourth-order valence-electron chi connectivity index (χ4n) is 0.573. The lowest BCUT2D eigenvalue weighted by Crippen LogP contribution is -1.98. The van der Waals surface area contributed by atoms with E-state index in [-0.39, 0.29) is 0 Å². The Balaban J connectivity index is 2.32. The van der Waals surface area contributed by atoms with E-state index in [9.17, 15) is 0 Å². The highest BCUT2D eigenvalue weighted by Gasteiger charge is 2.00. The average molecular weight is 78.9 g/mol. The maximum atomic E-state index is 2.26. The maximum Gasteiger partial charge on any atom is 0.142 e. The van der Waals surface area contributed by atoms with Crippen LogP contribution in [0.2, 0.25) is 6.82 Å². The zero-order chi connectivity index (χ0) is 4.41. The van der Waals surface area contributed by atoms with Crippen molar-refractivity contribution in [3.8, 4) is 0 Å². The van der Waals surface area contributed by atoms with Crippen molar-refractivity contribution in [2.75, 3.05) is 0 Å². The van der Waals surface area contributed by atoms with Gasteiger partial charge in [0.1, 0.15) is 7.28 Å². The number of rotatable bonds is 1. The SMILES string of the molecule is C[B]C1=CCC1. The second-order valence-corrected chi connectivity index (χ2v) is 1.61. The molecule has 6 heavy (non-hydrogen) atoms. The minimum Gasteiger partial charge on any atom is -0.113 e. The molecule has 1 aliphatic rings. The number of allylic oxidation sites excluding steroid dienone is 2. The Kier molecular flexibility index (Phi) is 0.996. The lowest BCUT2D eigenvalue weighted by Gasteiger charge is -2.09. The molecule has 0 heterocycles. The van der Waals surface area contributed by atoms with Gasteiger partial charge in [-0.05, 0) is 12.8 Å². The average Bonchev–Trinajstić information content (AvgIpc) is 1.31. The van der Waals surface area contributed by atoms with Gasteiger partial charge in [0.15, 0.2) is 0 Å². The molecule has 0 nitrogen and oxygen atoms in total. The fraction of sp³-hybridized carbons (Fsp3) is 0.600. The van der Waals surface area contributed by atoms with Crippen LogP contribution in [0.1, 0.15) is 12.8 Å². The molecular weight excluding hydrogens is 70.9 g/mol. The van der Waals surface area contributed by atoms with E-state index in [4.69, 9.17) is 0 Å². The topological polar surface area (TPSA) is 0 Å². The van der Waals surface area contributed by atoms with Crippen LogP contribution in [-0.4, -0.2) is 7.28 Å². The smallest absolute Gasteiger partial charge is 0.113 e. The Morgan fingerprint density at radius 2 is 2.50 bits per heavy atom. The monoisotopic (exact) mass is 79.1 g/mol. The fourth-order valence-corrected chi connectivity index (χ4v) is 0.573. The second-order valence-electron chi connectivity index (χ2n) is 1.61. The Morgan fingerprint density at radius 3 is 2.50 bits per heavy atom. The molecule has 0 amide bonds. The minimum atomic E-state index is 1.31. The van der Waals surface area contributed by atoms with Crippen molar-refractivity contribution in [1.82, 2.24) is 0 Å². The Bertz CT molecular complexity index is 74.0. The predicted octanol–water partition coefficient (Wildman–Crippen LogP) is 1.42. The van der Waals surface area contributed by atoms with Crippen LogP contribution in [0, 0.1) is 0 Å². The van der Waals surface area contributed by atoms with Crippen molar-refractivity contribution in [2.45, 2.75) is 19.7 Å². The van der Waals surface area contributed by atoms with Gasteiger partial charge in [0.05, 0.1) is 0 Å². The van der Waals surface area contributed by atoms with Gasteiger partial charge >= 0.3 is 0 Å². The van der Waals surface area contributed by atoms with Crippen molar-refractivity contribution in [3.05, 3.63) is 11.5 Å². The molecule has 1 radical (unpaired) electrons. The largest absolute Gasteiger partial charge is 0.142 e. The van der Waals surface area contributed by atoms with Gasteiger partial charge in [0.2, 0.25) is 0 Å². The summed E-state index contributed by atoms with van der Waals surface area (Å²) < 4.78 is 0. The molecule has 0 aliphatic heterocycles. The highest BCUT2D eigenvalue weighted by atomic mass is 14.0. The summed E-state index contributed by atoms with van der Waals surface area (Å²) in [6.45, 7) is 2.09. The van der Waals surface area contributed by atoms with Crippen LogP contribution >= 0.6 is 0 Å². The molecule has 0 aromatic rings. The second kappa shape index (κ2) is 1.50. The van der Waals surface area contributed by atoms with E-state index >= 15 is 0 Å². The summed E-state index contributed by atoms with van der Waals surface area (Å²) >= 11 is 0. The molecule has 1 rings (SSSR count). The van der Waals surface area contributed by atoms with Gasteiger partial charge in [-0.2, -0.15) is 0 Å². The molecule has 0 unspecified atom stereocenters. The summed E-state index contributed by atoms with van der Waals surface area (Å²) in [5, 5.41) is 0. The molecule has 0 bridgehead atoms. The lowest BCUT2D eigenvalue weighted by atomic mass is 9.66. The Labute approximate surface area is 39.5 Å². The zero-order valence-corrected chi connectivity index (χ0v) is 4.07. The van der Waals surface area contributed by atoms with E-state index < -0.39 is 0 Å². The molecule has 0 spiro atoms. The third-order valence-corrected chi connectivity index (χ3v) is 1.21. The first kappa shape index (κ1) is 3.98. The molecule has 1 heteroatoms.